The van der Waals surface area contributed by atoms with Crippen LogP contribution >= 0.6 is 0 Å². The molecule has 27 heavy (non-hydrogen) atoms. The summed E-state index contributed by atoms with van der Waals surface area (Å²) in [6.07, 6.45) is 0.989. The van der Waals surface area contributed by atoms with Crippen molar-refractivity contribution in [3.05, 3.63) is 59.2 Å². The highest BCUT2D eigenvalue weighted by Gasteiger charge is 2.09. The number of rotatable bonds is 10. The number of carbonyl (C=O) groups is 1. The lowest BCUT2D eigenvalue weighted by atomic mass is 10.1. The smallest absolute Gasteiger partial charge is 0.251 e. The van der Waals surface area contributed by atoms with Gasteiger partial charge >= 0.3 is 0 Å². The van der Waals surface area contributed by atoms with E-state index >= 15 is 0 Å². The van der Waals surface area contributed by atoms with E-state index in [1.54, 1.807) is 20.3 Å². The molecule has 5 nitrogen and oxygen atoms in total. The molecule has 0 atom stereocenters. The van der Waals surface area contributed by atoms with Gasteiger partial charge in [-0.3, -0.25) is 4.79 Å². The summed E-state index contributed by atoms with van der Waals surface area (Å²) in [5.41, 5.74) is 2.53. The zero-order chi connectivity index (χ0) is 19.6. The lowest BCUT2D eigenvalue weighted by molar-refractivity contribution is 0.0950. The molecule has 0 aliphatic carbocycles. The van der Waals surface area contributed by atoms with Gasteiger partial charge in [-0.1, -0.05) is 32.0 Å². The van der Waals surface area contributed by atoms with Crippen LogP contribution in [0.1, 0.15) is 41.8 Å². The zero-order valence-corrected chi connectivity index (χ0v) is 16.6. The summed E-state index contributed by atoms with van der Waals surface area (Å²) in [6, 6.07) is 13.1. The first-order valence-corrected chi connectivity index (χ1v) is 9.19. The van der Waals surface area contributed by atoms with Crippen LogP contribution in [0.2, 0.25) is 0 Å². The van der Waals surface area contributed by atoms with Crippen molar-refractivity contribution in [2.24, 2.45) is 5.92 Å². The van der Waals surface area contributed by atoms with E-state index in [1.165, 1.54) is 0 Å². The van der Waals surface area contributed by atoms with Gasteiger partial charge in [-0.05, 0) is 47.7 Å². The molecule has 146 valence electrons. The van der Waals surface area contributed by atoms with Crippen molar-refractivity contribution < 1.29 is 19.0 Å². The summed E-state index contributed by atoms with van der Waals surface area (Å²) in [5.74, 6) is 1.87. The predicted octanol–water partition coefficient (Wildman–Crippen LogP) is 4.20. The van der Waals surface area contributed by atoms with E-state index in [1.807, 2.05) is 36.4 Å². The number of nitrogens with one attached hydrogen (secondary N) is 1. The van der Waals surface area contributed by atoms with Crippen LogP contribution in [0, 0.1) is 5.92 Å². The van der Waals surface area contributed by atoms with Gasteiger partial charge in [-0.2, -0.15) is 0 Å². The van der Waals surface area contributed by atoms with Gasteiger partial charge in [0.05, 0.1) is 20.3 Å². The third-order valence-corrected chi connectivity index (χ3v) is 4.13. The number of ether oxygens (including phenoxy) is 3. The molecule has 0 aliphatic rings. The fourth-order valence-electron chi connectivity index (χ4n) is 2.60. The first-order valence-electron chi connectivity index (χ1n) is 9.19. The molecule has 0 aliphatic heterocycles. The van der Waals surface area contributed by atoms with E-state index < -0.39 is 0 Å². The zero-order valence-electron chi connectivity index (χ0n) is 16.6. The van der Waals surface area contributed by atoms with E-state index in [4.69, 9.17) is 14.2 Å². The number of carbonyl (C=O) groups excluding carboxylic acids is 1. The molecule has 1 amide bonds. The third kappa shape index (κ3) is 6.61. The number of methoxy groups -OCH3 is 2. The Balaban J connectivity index is 1.96. The highest BCUT2D eigenvalue weighted by Crippen LogP contribution is 2.28. The average Bonchev–Trinajstić information content (AvgIpc) is 2.67. The Labute approximate surface area is 161 Å². The topological polar surface area (TPSA) is 56.8 Å². The molecule has 2 rings (SSSR count). The van der Waals surface area contributed by atoms with Crippen LogP contribution in [-0.2, 0) is 17.9 Å². The normalized spacial score (nSPS) is 10.7. The summed E-state index contributed by atoms with van der Waals surface area (Å²) in [7, 11) is 3.25. The van der Waals surface area contributed by atoms with Gasteiger partial charge in [-0.15, -0.1) is 0 Å². The first-order chi connectivity index (χ1) is 13.0. The summed E-state index contributed by atoms with van der Waals surface area (Å²) >= 11 is 0. The number of amides is 1. The van der Waals surface area contributed by atoms with Gasteiger partial charge in [0.1, 0.15) is 0 Å². The molecule has 0 unspecified atom stereocenters. The van der Waals surface area contributed by atoms with Crippen molar-refractivity contribution in [1.29, 1.82) is 0 Å². The SMILES string of the molecule is COCc1cccc(C(=O)NCc2ccc(OCCC(C)C)c(OC)c2)c1. The minimum absolute atomic E-state index is 0.121. The predicted molar refractivity (Wildman–Crippen MR) is 106 cm³/mol. The van der Waals surface area contributed by atoms with Gasteiger partial charge in [-0.25, -0.2) is 0 Å². The summed E-state index contributed by atoms with van der Waals surface area (Å²) < 4.78 is 16.3. The van der Waals surface area contributed by atoms with Gasteiger partial charge in [0.25, 0.3) is 5.91 Å². The Kier molecular flexibility index (Phi) is 8.14. The van der Waals surface area contributed by atoms with Crippen molar-refractivity contribution in [1.82, 2.24) is 5.32 Å². The van der Waals surface area contributed by atoms with E-state index in [0.717, 1.165) is 23.3 Å². The summed E-state index contributed by atoms with van der Waals surface area (Å²) in [5, 5.41) is 2.94. The second-order valence-corrected chi connectivity index (χ2v) is 6.83. The van der Waals surface area contributed by atoms with Crippen molar-refractivity contribution >= 4 is 5.91 Å². The van der Waals surface area contributed by atoms with Crippen LogP contribution in [0.5, 0.6) is 11.5 Å². The van der Waals surface area contributed by atoms with E-state index in [9.17, 15) is 4.79 Å². The fraction of sp³-hybridized carbons (Fsp3) is 0.409. The van der Waals surface area contributed by atoms with Crippen molar-refractivity contribution in [3.8, 4) is 11.5 Å². The van der Waals surface area contributed by atoms with Gasteiger partial charge < -0.3 is 19.5 Å². The molecule has 0 fully saturated rings. The molecule has 0 saturated carbocycles. The molecular formula is C22H29NO4. The second kappa shape index (κ2) is 10.6. The molecule has 0 bridgehead atoms. The summed E-state index contributed by atoms with van der Waals surface area (Å²) in [6.45, 7) is 5.88. The second-order valence-electron chi connectivity index (χ2n) is 6.83. The Morgan fingerprint density at radius 3 is 2.56 bits per heavy atom. The molecule has 0 heterocycles. The Hall–Kier alpha value is -2.53. The Morgan fingerprint density at radius 2 is 1.85 bits per heavy atom. The molecule has 5 heteroatoms. The Morgan fingerprint density at radius 1 is 1.04 bits per heavy atom. The first kappa shape index (κ1) is 20.8. The van der Waals surface area contributed by atoms with Crippen LogP contribution in [0.4, 0.5) is 0 Å². The van der Waals surface area contributed by atoms with Gasteiger partial charge in [0, 0.05) is 19.2 Å². The maximum Gasteiger partial charge on any atom is 0.251 e. The fourth-order valence-corrected chi connectivity index (χ4v) is 2.60. The van der Waals surface area contributed by atoms with Crippen LogP contribution < -0.4 is 14.8 Å². The van der Waals surface area contributed by atoms with Crippen LogP contribution in [0.15, 0.2) is 42.5 Å². The minimum atomic E-state index is -0.121. The highest BCUT2D eigenvalue weighted by molar-refractivity contribution is 5.94. The lowest BCUT2D eigenvalue weighted by Gasteiger charge is -2.13. The molecule has 1 N–H and O–H groups in total. The molecule has 0 aromatic heterocycles. The molecule has 2 aromatic rings. The maximum atomic E-state index is 12.4. The number of hydrogen-bond donors (Lipinski definition) is 1. The number of hydrogen-bond acceptors (Lipinski definition) is 4. The van der Waals surface area contributed by atoms with Crippen LogP contribution in [-0.4, -0.2) is 26.7 Å². The van der Waals surface area contributed by atoms with E-state index in [0.29, 0.717) is 37.0 Å². The lowest BCUT2D eigenvalue weighted by Crippen LogP contribution is -2.22. The molecule has 0 spiro atoms. The average molecular weight is 371 g/mol. The van der Waals surface area contributed by atoms with Crippen molar-refractivity contribution in [2.75, 3.05) is 20.8 Å². The van der Waals surface area contributed by atoms with Crippen LogP contribution in [0.25, 0.3) is 0 Å². The van der Waals surface area contributed by atoms with E-state index in [-0.39, 0.29) is 5.91 Å². The van der Waals surface area contributed by atoms with Crippen LogP contribution in [0.3, 0.4) is 0 Å². The molecule has 0 radical (unpaired) electrons. The summed E-state index contributed by atoms with van der Waals surface area (Å²) in [4.78, 5) is 12.4. The van der Waals surface area contributed by atoms with Crippen molar-refractivity contribution in [3.63, 3.8) is 0 Å². The minimum Gasteiger partial charge on any atom is -0.493 e. The van der Waals surface area contributed by atoms with Crippen molar-refractivity contribution in [2.45, 2.75) is 33.4 Å². The Bertz CT molecular complexity index is 743. The molecular weight excluding hydrogens is 342 g/mol. The third-order valence-electron chi connectivity index (χ3n) is 4.13. The van der Waals surface area contributed by atoms with E-state index in [2.05, 4.69) is 19.2 Å². The number of benzene rings is 2. The maximum absolute atomic E-state index is 12.4. The molecule has 0 saturated heterocycles. The monoisotopic (exact) mass is 371 g/mol. The van der Waals surface area contributed by atoms with Gasteiger partial charge in [0.15, 0.2) is 11.5 Å². The van der Waals surface area contributed by atoms with Gasteiger partial charge in [0.2, 0.25) is 0 Å². The largest absolute Gasteiger partial charge is 0.493 e. The molecule has 2 aromatic carbocycles. The highest BCUT2D eigenvalue weighted by atomic mass is 16.5. The quantitative estimate of drug-likeness (QED) is 0.680. The standard InChI is InChI=1S/C22H29NO4/c1-16(2)10-11-27-20-9-8-17(13-21(20)26-4)14-23-22(24)19-7-5-6-18(12-19)15-25-3/h5-9,12-13,16H,10-11,14-15H2,1-4H3,(H,23,24).